The summed E-state index contributed by atoms with van der Waals surface area (Å²) in [4.78, 5) is 21.4. The van der Waals surface area contributed by atoms with Crippen molar-refractivity contribution in [1.29, 1.82) is 0 Å². The molecule has 0 amide bonds. The second-order valence-corrected chi connectivity index (χ2v) is 2.16. The van der Waals surface area contributed by atoms with Crippen LogP contribution in [0.3, 0.4) is 0 Å². The summed E-state index contributed by atoms with van der Waals surface area (Å²) in [6.45, 7) is 1.60. The molecule has 0 bridgehead atoms. The van der Waals surface area contributed by atoms with E-state index in [9.17, 15) is 9.59 Å². The predicted molar refractivity (Wildman–Crippen MR) is 40.7 cm³/mol. The number of ether oxygens (including phenoxy) is 2. The van der Waals surface area contributed by atoms with E-state index in [1.807, 2.05) is 0 Å². The first kappa shape index (κ1) is 11.9. The minimum Gasteiger partial charge on any atom is -0.467 e. The fourth-order valence-corrected chi connectivity index (χ4v) is 0.606. The van der Waals surface area contributed by atoms with E-state index in [2.05, 4.69) is 9.47 Å². The second kappa shape index (κ2) is 5.50. The fourth-order valence-electron chi connectivity index (χ4n) is 0.606. The molecule has 0 saturated carbocycles. The Morgan fingerprint density at radius 3 is 2.08 bits per heavy atom. The molecular weight excluding hydrogens is 180 g/mol. The summed E-state index contributed by atoms with van der Waals surface area (Å²) in [5, 5.41) is 18.0. The molecule has 0 aliphatic heterocycles. The molecule has 6 nitrogen and oxygen atoms in total. The molecule has 0 aromatic rings. The van der Waals surface area contributed by atoms with Crippen molar-refractivity contribution < 1.29 is 29.3 Å². The summed E-state index contributed by atoms with van der Waals surface area (Å²) >= 11 is 0. The quantitative estimate of drug-likeness (QED) is 0.523. The lowest BCUT2D eigenvalue weighted by Crippen LogP contribution is -2.41. The van der Waals surface area contributed by atoms with Gasteiger partial charge in [-0.2, -0.15) is 0 Å². The molecule has 0 rings (SSSR count). The van der Waals surface area contributed by atoms with Crippen LogP contribution in [-0.2, 0) is 19.1 Å². The normalized spacial score (nSPS) is 14.5. The maximum Gasteiger partial charge on any atom is 0.338 e. The van der Waals surface area contributed by atoms with Gasteiger partial charge in [0.1, 0.15) is 0 Å². The van der Waals surface area contributed by atoms with E-state index in [-0.39, 0.29) is 6.61 Å². The molecule has 2 atom stereocenters. The molecule has 0 spiro atoms. The molecule has 6 heteroatoms. The highest BCUT2D eigenvalue weighted by Crippen LogP contribution is 1.98. The molecule has 0 fully saturated rings. The van der Waals surface area contributed by atoms with Gasteiger partial charge in [0, 0.05) is 0 Å². The van der Waals surface area contributed by atoms with Gasteiger partial charge in [-0.05, 0) is 6.92 Å². The predicted octanol–water partition coefficient (Wildman–Crippen LogP) is -1.56. The van der Waals surface area contributed by atoms with Crippen LogP contribution >= 0.6 is 0 Å². The number of aliphatic hydroxyl groups is 2. The van der Waals surface area contributed by atoms with E-state index in [0.29, 0.717) is 0 Å². The van der Waals surface area contributed by atoms with Gasteiger partial charge >= 0.3 is 11.9 Å². The van der Waals surface area contributed by atoms with E-state index in [0.717, 1.165) is 7.11 Å². The average molecular weight is 192 g/mol. The molecule has 0 unspecified atom stereocenters. The van der Waals surface area contributed by atoms with E-state index in [1.165, 1.54) is 6.92 Å². The van der Waals surface area contributed by atoms with Crippen molar-refractivity contribution in [2.45, 2.75) is 19.1 Å². The topological polar surface area (TPSA) is 93.1 Å². The Kier molecular flexibility index (Phi) is 5.01. The molecular formula is C7H12O6. The number of aliphatic hydroxyl groups excluding tert-OH is 2. The van der Waals surface area contributed by atoms with E-state index in [4.69, 9.17) is 10.2 Å². The molecule has 0 aromatic heterocycles. The minimum absolute atomic E-state index is 0.0593. The van der Waals surface area contributed by atoms with Gasteiger partial charge < -0.3 is 19.7 Å². The smallest absolute Gasteiger partial charge is 0.338 e. The summed E-state index contributed by atoms with van der Waals surface area (Å²) in [5.74, 6) is -2.14. The Morgan fingerprint density at radius 1 is 1.23 bits per heavy atom. The monoisotopic (exact) mass is 192 g/mol. The zero-order valence-electron chi connectivity index (χ0n) is 7.39. The number of esters is 2. The van der Waals surface area contributed by atoms with E-state index in [1.54, 1.807) is 0 Å². The Balaban J connectivity index is 4.16. The lowest BCUT2D eigenvalue weighted by Gasteiger charge is -2.13. The van der Waals surface area contributed by atoms with Gasteiger partial charge in [-0.15, -0.1) is 0 Å². The van der Waals surface area contributed by atoms with Gasteiger partial charge in [-0.3, -0.25) is 0 Å². The van der Waals surface area contributed by atoms with Crippen LogP contribution in [0.15, 0.2) is 0 Å². The maximum atomic E-state index is 10.8. The zero-order chi connectivity index (χ0) is 10.4. The Labute approximate surface area is 75.1 Å². The molecule has 0 aromatic carbocycles. The first-order valence-electron chi connectivity index (χ1n) is 3.65. The SMILES string of the molecule is CCOC(=O)[C@H](O)[C@@H](O)C(=O)OC. The Morgan fingerprint density at radius 2 is 1.69 bits per heavy atom. The van der Waals surface area contributed by atoms with Crippen LogP contribution in [0, 0.1) is 0 Å². The van der Waals surface area contributed by atoms with Gasteiger partial charge in [0.2, 0.25) is 0 Å². The van der Waals surface area contributed by atoms with Crippen LogP contribution in [0.4, 0.5) is 0 Å². The number of methoxy groups -OCH3 is 1. The zero-order valence-corrected chi connectivity index (χ0v) is 7.39. The first-order valence-corrected chi connectivity index (χ1v) is 3.65. The first-order chi connectivity index (χ1) is 6.04. The summed E-state index contributed by atoms with van der Waals surface area (Å²) in [7, 11) is 1.03. The molecule has 13 heavy (non-hydrogen) atoms. The van der Waals surface area contributed by atoms with Crippen molar-refractivity contribution in [2.24, 2.45) is 0 Å². The maximum absolute atomic E-state index is 10.8. The summed E-state index contributed by atoms with van der Waals surface area (Å²) in [6.07, 6.45) is -3.79. The molecule has 0 heterocycles. The lowest BCUT2D eigenvalue weighted by atomic mass is 10.2. The molecule has 0 aliphatic carbocycles. The largest absolute Gasteiger partial charge is 0.467 e. The summed E-state index contributed by atoms with van der Waals surface area (Å²) in [5.41, 5.74) is 0. The third-order valence-electron chi connectivity index (χ3n) is 1.27. The minimum atomic E-state index is -1.90. The Bertz CT molecular complexity index is 189. The number of rotatable bonds is 4. The molecule has 0 saturated heterocycles. The van der Waals surface area contributed by atoms with E-state index < -0.39 is 24.1 Å². The number of hydrogen-bond acceptors (Lipinski definition) is 6. The third-order valence-corrected chi connectivity index (χ3v) is 1.27. The Hall–Kier alpha value is -1.14. The van der Waals surface area contributed by atoms with Gasteiger partial charge in [0.15, 0.2) is 12.2 Å². The molecule has 0 aliphatic rings. The highest BCUT2D eigenvalue weighted by atomic mass is 16.6. The number of hydrogen-bond donors (Lipinski definition) is 2. The van der Waals surface area contributed by atoms with Gasteiger partial charge in [0.05, 0.1) is 13.7 Å². The van der Waals surface area contributed by atoms with Crippen molar-refractivity contribution in [3.8, 4) is 0 Å². The summed E-state index contributed by atoms with van der Waals surface area (Å²) in [6, 6.07) is 0. The van der Waals surface area contributed by atoms with Crippen molar-refractivity contribution in [1.82, 2.24) is 0 Å². The van der Waals surface area contributed by atoms with Gasteiger partial charge in [-0.1, -0.05) is 0 Å². The second-order valence-electron chi connectivity index (χ2n) is 2.16. The van der Waals surface area contributed by atoms with Crippen LogP contribution in [0.1, 0.15) is 6.92 Å². The highest BCUT2D eigenvalue weighted by molar-refractivity contribution is 5.85. The standard InChI is InChI=1S/C7H12O6/c1-3-13-7(11)5(9)4(8)6(10)12-2/h4-5,8-9H,3H2,1-2H3/t4-,5-/m1/s1. The average Bonchev–Trinajstić information content (AvgIpc) is 2.14. The molecule has 2 N–H and O–H groups in total. The third kappa shape index (κ3) is 3.39. The fraction of sp³-hybridized carbons (Fsp3) is 0.714. The van der Waals surface area contributed by atoms with Crippen LogP contribution < -0.4 is 0 Å². The van der Waals surface area contributed by atoms with Crippen molar-refractivity contribution >= 4 is 11.9 Å². The van der Waals surface area contributed by atoms with Crippen molar-refractivity contribution in [3.63, 3.8) is 0 Å². The number of carbonyl (C=O) groups is 2. The summed E-state index contributed by atoms with van der Waals surface area (Å²) < 4.78 is 8.47. The van der Waals surface area contributed by atoms with E-state index >= 15 is 0 Å². The van der Waals surface area contributed by atoms with Crippen LogP contribution in [0.5, 0.6) is 0 Å². The van der Waals surface area contributed by atoms with Gasteiger partial charge in [0.25, 0.3) is 0 Å². The lowest BCUT2D eigenvalue weighted by molar-refractivity contribution is -0.171. The highest BCUT2D eigenvalue weighted by Gasteiger charge is 2.31. The van der Waals surface area contributed by atoms with Crippen molar-refractivity contribution in [2.75, 3.05) is 13.7 Å². The molecule has 0 radical (unpaired) electrons. The molecule has 76 valence electrons. The van der Waals surface area contributed by atoms with Crippen LogP contribution in [0.25, 0.3) is 0 Å². The van der Waals surface area contributed by atoms with Crippen LogP contribution in [0.2, 0.25) is 0 Å². The van der Waals surface area contributed by atoms with Gasteiger partial charge in [-0.25, -0.2) is 9.59 Å². The number of carbonyl (C=O) groups excluding carboxylic acids is 2. The van der Waals surface area contributed by atoms with Crippen molar-refractivity contribution in [3.05, 3.63) is 0 Å². The van der Waals surface area contributed by atoms with Crippen LogP contribution in [-0.4, -0.2) is 48.1 Å².